The number of nitrogens with one attached hydrogen (secondary N) is 2. The summed E-state index contributed by atoms with van der Waals surface area (Å²) in [6.07, 6.45) is 4.35. The maximum atomic E-state index is 12.3. The number of fused-ring (bicyclic) bond motifs is 1. The lowest BCUT2D eigenvalue weighted by molar-refractivity contribution is -0.385. The van der Waals surface area contributed by atoms with Gasteiger partial charge in [0, 0.05) is 4.88 Å². The van der Waals surface area contributed by atoms with Crippen molar-refractivity contribution in [3.05, 3.63) is 37.1 Å². The van der Waals surface area contributed by atoms with Crippen molar-refractivity contribution in [2.45, 2.75) is 45.6 Å². The van der Waals surface area contributed by atoms with Gasteiger partial charge >= 0.3 is 5.69 Å². The Morgan fingerprint density at radius 1 is 1.43 bits per heavy atom. The predicted octanol–water partition coefficient (Wildman–Crippen LogP) is 2.45. The largest absolute Gasteiger partial charge is 0.341 e. The standard InChI is InChI=1S/C14H17N5O3S/c1-7-12(19(21)22)11(18-17-7)13(20)15-8(2)14-16-9-5-3-4-6-10(9)23-14/h8H,3-6H2,1-2H3,(H,15,20)(H,17,18). The molecule has 122 valence electrons. The number of hydrogen-bond acceptors (Lipinski definition) is 6. The molecule has 23 heavy (non-hydrogen) atoms. The quantitative estimate of drug-likeness (QED) is 0.658. The molecule has 2 aromatic heterocycles. The summed E-state index contributed by atoms with van der Waals surface area (Å²) < 4.78 is 0. The summed E-state index contributed by atoms with van der Waals surface area (Å²) in [5.74, 6) is -0.568. The number of thiazole rings is 1. The van der Waals surface area contributed by atoms with Crippen molar-refractivity contribution in [1.82, 2.24) is 20.5 Å². The van der Waals surface area contributed by atoms with E-state index in [4.69, 9.17) is 0 Å². The van der Waals surface area contributed by atoms with Crippen molar-refractivity contribution >= 4 is 22.9 Å². The van der Waals surface area contributed by atoms with Gasteiger partial charge in [0.25, 0.3) is 5.91 Å². The molecular weight excluding hydrogens is 318 g/mol. The number of aromatic amines is 1. The van der Waals surface area contributed by atoms with E-state index in [1.807, 2.05) is 6.92 Å². The average molecular weight is 335 g/mol. The maximum absolute atomic E-state index is 12.3. The van der Waals surface area contributed by atoms with Gasteiger partial charge in [-0.05, 0) is 39.5 Å². The molecule has 2 heterocycles. The van der Waals surface area contributed by atoms with Gasteiger partial charge in [0.15, 0.2) is 0 Å². The van der Waals surface area contributed by atoms with Gasteiger partial charge in [0.05, 0.1) is 16.7 Å². The number of rotatable bonds is 4. The van der Waals surface area contributed by atoms with Gasteiger partial charge in [-0.1, -0.05) is 0 Å². The highest BCUT2D eigenvalue weighted by molar-refractivity contribution is 7.11. The molecule has 0 saturated heterocycles. The van der Waals surface area contributed by atoms with Crippen molar-refractivity contribution in [3.63, 3.8) is 0 Å². The molecule has 0 aromatic carbocycles. The number of nitro groups is 1. The minimum absolute atomic E-state index is 0.194. The van der Waals surface area contributed by atoms with Gasteiger partial charge in [0.1, 0.15) is 10.7 Å². The first-order chi connectivity index (χ1) is 11.0. The molecule has 1 atom stereocenters. The van der Waals surface area contributed by atoms with Crippen LogP contribution >= 0.6 is 11.3 Å². The van der Waals surface area contributed by atoms with Crippen molar-refractivity contribution in [3.8, 4) is 0 Å². The van der Waals surface area contributed by atoms with E-state index in [0.29, 0.717) is 0 Å². The molecule has 0 radical (unpaired) electrons. The molecule has 2 N–H and O–H groups in total. The second-order valence-corrected chi connectivity index (χ2v) is 6.74. The van der Waals surface area contributed by atoms with Crippen LogP contribution in [0.25, 0.3) is 0 Å². The Labute approximate surface area is 136 Å². The molecule has 1 unspecified atom stereocenters. The van der Waals surface area contributed by atoms with Crippen molar-refractivity contribution in [1.29, 1.82) is 0 Å². The fourth-order valence-electron chi connectivity index (χ4n) is 2.69. The second-order valence-electron chi connectivity index (χ2n) is 5.63. The smallest absolute Gasteiger partial charge is 0.322 e. The Bertz CT molecular complexity index is 743. The number of nitrogens with zero attached hydrogens (tertiary/aromatic N) is 3. The van der Waals surface area contributed by atoms with Gasteiger partial charge in [-0.3, -0.25) is 20.0 Å². The molecule has 0 spiro atoms. The SMILES string of the molecule is Cc1[nH]nc(C(=O)NC(C)c2nc3c(s2)CCCC3)c1[N+](=O)[O-]. The molecule has 1 aliphatic rings. The number of carbonyl (C=O) groups excluding carboxylic acids is 1. The number of aromatic nitrogens is 3. The van der Waals surface area contributed by atoms with E-state index in [0.717, 1.165) is 30.0 Å². The highest BCUT2D eigenvalue weighted by Gasteiger charge is 2.28. The Hall–Kier alpha value is -2.29. The molecule has 1 aliphatic carbocycles. The van der Waals surface area contributed by atoms with Crippen LogP contribution in [-0.2, 0) is 12.8 Å². The van der Waals surface area contributed by atoms with Crippen molar-refractivity contribution < 1.29 is 9.72 Å². The fourth-order valence-corrected chi connectivity index (χ4v) is 3.84. The van der Waals surface area contributed by atoms with Crippen LogP contribution in [0, 0.1) is 17.0 Å². The van der Waals surface area contributed by atoms with E-state index in [9.17, 15) is 14.9 Å². The van der Waals surface area contributed by atoms with Gasteiger partial charge < -0.3 is 5.32 Å². The van der Waals surface area contributed by atoms with Crippen molar-refractivity contribution in [2.75, 3.05) is 0 Å². The summed E-state index contributed by atoms with van der Waals surface area (Å²) in [4.78, 5) is 28.6. The Morgan fingerprint density at radius 3 is 2.87 bits per heavy atom. The summed E-state index contributed by atoms with van der Waals surface area (Å²) in [7, 11) is 0. The van der Waals surface area contributed by atoms with E-state index in [2.05, 4.69) is 20.5 Å². The lowest BCUT2D eigenvalue weighted by Gasteiger charge is -2.09. The Kier molecular flexibility index (Phi) is 4.12. The van der Waals surface area contributed by atoms with Crippen LogP contribution in [-0.4, -0.2) is 26.0 Å². The van der Waals surface area contributed by atoms with E-state index in [1.54, 1.807) is 11.3 Å². The Balaban J connectivity index is 1.77. The zero-order chi connectivity index (χ0) is 16.6. The van der Waals surface area contributed by atoms with E-state index >= 15 is 0 Å². The van der Waals surface area contributed by atoms with Gasteiger partial charge in [0.2, 0.25) is 5.69 Å². The molecule has 0 aliphatic heterocycles. The summed E-state index contributed by atoms with van der Waals surface area (Å²) in [6, 6.07) is -0.310. The molecule has 0 saturated carbocycles. The second kappa shape index (κ2) is 6.07. The third kappa shape index (κ3) is 2.96. The number of H-pyrrole nitrogens is 1. The molecule has 0 bridgehead atoms. The molecule has 2 aromatic rings. The Morgan fingerprint density at radius 2 is 2.17 bits per heavy atom. The minimum atomic E-state index is -0.597. The zero-order valence-electron chi connectivity index (χ0n) is 12.9. The van der Waals surface area contributed by atoms with Crippen LogP contribution in [0.3, 0.4) is 0 Å². The first-order valence-electron chi connectivity index (χ1n) is 7.46. The van der Waals surface area contributed by atoms with Crippen LogP contribution < -0.4 is 5.32 Å². The van der Waals surface area contributed by atoms with Crippen LogP contribution in [0.4, 0.5) is 5.69 Å². The van der Waals surface area contributed by atoms with Gasteiger partial charge in [-0.25, -0.2) is 4.98 Å². The first-order valence-corrected chi connectivity index (χ1v) is 8.27. The molecule has 9 heteroatoms. The molecule has 3 rings (SSSR count). The molecule has 1 amide bonds. The van der Waals surface area contributed by atoms with E-state index in [-0.39, 0.29) is 23.1 Å². The lowest BCUT2D eigenvalue weighted by atomic mass is 10.0. The van der Waals surface area contributed by atoms with E-state index < -0.39 is 10.8 Å². The topological polar surface area (TPSA) is 114 Å². The summed E-state index contributed by atoms with van der Waals surface area (Å²) in [6.45, 7) is 3.34. The lowest BCUT2D eigenvalue weighted by Crippen LogP contribution is -2.27. The highest BCUT2D eigenvalue weighted by atomic mass is 32.1. The average Bonchev–Trinajstić information content (AvgIpc) is 3.10. The van der Waals surface area contributed by atoms with E-state index in [1.165, 1.54) is 18.2 Å². The minimum Gasteiger partial charge on any atom is -0.341 e. The van der Waals surface area contributed by atoms with Crippen LogP contribution in [0.15, 0.2) is 0 Å². The fraction of sp³-hybridized carbons (Fsp3) is 0.500. The third-order valence-corrected chi connectivity index (χ3v) is 5.23. The van der Waals surface area contributed by atoms with Crippen molar-refractivity contribution in [2.24, 2.45) is 0 Å². The molecule has 8 nitrogen and oxygen atoms in total. The maximum Gasteiger partial charge on any atom is 0.322 e. The number of hydrogen-bond donors (Lipinski definition) is 2. The third-order valence-electron chi connectivity index (χ3n) is 3.89. The van der Waals surface area contributed by atoms with Gasteiger partial charge in [-0.15, -0.1) is 11.3 Å². The van der Waals surface area contributed by atoms with Gasteiger partial charge in [-0.2, -0.15) is 5.10 Å². The summed E-state index contributed by atoms with van der Waals surface area (Å²) in [5, 5.41) is 20.9. The van der Waals surface area contributed by atoms with Crippen LogP contribution in [0.5, 0.6) is 0 Å². The molecule has 0 fully saturated rings. The number of aryl methyl sites for hydroxylation is 3. The first kappa shape index (κ1) is 15.6. The number of carbonyl (C=O) groups is 1. The number of amides is 1. The summed E-state index contributed by atoms with van der Waals surface area (Å²) in [5.41, 5.74) is 0.908. The van der Waals surface area contributed by atoms with Crippen LogP contribution in [0.1, 0.15) is 57.6 Å². The highest BCUT2D eigenvalue weighted by Crippen LogP contribution is 2.30. The molecular formula is C14H17N5O3S. The summed E-state index contributed by atoms with van der Waals surface area (Å²) >= 11 is 1.61. The zero-order valence-corrected chi connectivity index (χ0v) is 13.7. The monoisotopic (exact) mass is 335 g/mol. The predicted molar refractivity (Wildman–Crippen MR) is 84.6 cm³/mol. The van der Waals surface area contributed by atoms with Crippen LogP contribution in [0.2, 0.25) is 0 Å². The normalized spacial score (nSPS) is 15.0.